The van der Waals surface area contributed by atoms with Crippen molar-refractivity contribution in [1.29, 1.82) is 0 Å². The normalized spacial score (nSPS) is 23.0. The monoisotopic (exact) mass is 891 g/mol. The van der Waals surface area contributed by atoms with Crippen LogP contribution in [0.4, 0.5) is 10.5 Å². The molecule has 6 rings (SSSR count). The molecular formula is C47H58ClN3O10S. The molecule has 334 valence electrons. The number of fused-ring (bicyclic) bond motifs is 2. The van der Waals surface area contributed by atoms with E-state index >= 15 is 0 Å². The largest absolute Gasteiger partial charge is 0.459 e. The van der Waals surface area contributed by atoms with Crippen molar-refractivity contribution in [3.05, 3.63) is 112 Å². The molecule has 1 heterocycles. The number of aliphatic hydroxyl groups is 2. The van der Waals surface area contributed by atoms with Gasteiger partial charge in [-0.05, 0) is 116 Å². The van der Waals surface area contributed by atoms with Crippen LogP contribution in [-0.4, -0.2) is 88.8 Å². The summed E-state index contributed by atoms with van der Waals surface area (Å²) in [5.41, 5.74) is 3.09. The van der Waals surface area contributed by atoms with Gasteiger partial charge in [0.2, 0.25) is 5.79 Å². The van der Waals surface area contributed by atoms with Crippen LogP contribution < -0.4 is 9.47 Å². The molecule has 1 amide bonds. The molecule has 6 unspecified atom stereocenters. The maximum Gasteiger partial charge on any atom is 0.410 e. The van der Waals surface area contributed by atoms with E-state index in [0.29, 0.717) is 54.3 Å². The summed E-state index contributed by atoms with van der Waals surface area (Å²) in [6, 6.07) is 19.2. The van der Waals surface area contributed by atoms with Gasteiger partial charge in [0.05, 0.1) is 29.0 Å². The molecule has 6 atom stereocenters. The predicted molar refractivity (Wildman–Crippen MR) is 240 cm³/mol. The van der Waals surface area contributed by atoms with Crippen molar-refractivity contribution in [1.82, 2.24) is 4.90 Å². The van der Waals surface area contributed by atoms with Crippen molar-refractivity contribution in [2.75, 3.05) is 45.1 Å². The van der Waals surface area contributed by atoms with Crippen LogP contribution in [0.2, 0.25) is 0 Å². The Labute approximate surface area is 373 Å². The van der Waals surface area contributed by atoms with E-state index in [1.54, 1.807) is 34.9 Å². The van der Waals surface area contributed by atoms with E-state index in [9.17, 15) is 25.1 Å². The van der Waals surface area contributed by atoms with Crippen molar-refractivity contribution >= 4 is 40.9 Å². The summed E-state index contributed by atoms with van der Waals surface area (Å²) in [7, 11) is 0. The highest BCUT2D eigenvalue weighted by molar-refractivity contribution is 7.98. The molecule has 0 spiro atoms. The highest BCUT2D eigenvalue weighted by Gasteiger charge is 2.65. The molecular weight excluding hydrogens is 834 g/mol. The van der Waals surface area contributed by atoms with Crippen molar-refractivity contribution in [2.24, 2.45) is 22.9 Å². The fraction of sp³-hybridized carbons (Fsp3) is 0.489. The van der Waals surface area contributed by atoms with E-state index in [1.165, 1.54) is 12.1 Å². The number of thioether (sulfide) groups is 1. The van der Waals surface area contributed by atoms with Gasteiger partial charge in [-0.3, -0.25) is 15.0 Å². The number of non-ortho nitro benzene ring substituents is 1. The number of rotatable bonds is 23. The van der Waals surface area contributed by atoms with Crippen LogP contribution in [0.5, 0.6) is 17.2 Å². The number of amides is 1. The number of halogens is 1. The summed E-state index contributed by atoms with van der Waals surface area (Å²) in [6.45, 7) is 6.63. The van der Waals surface area contributed by atoms with Gasteiger partial charge in [0.25, 0.3) is 5.69 Å². The number of nitrogens with zero attached hydrogens (tertiary/aromatic N) is 3. The highest BCUT2D eigenvalue weighted by Crippen LogP contribution is 2.62. The minimum atomic E-state index is -1.45. The van der Waals surface area contributed by atoms with E-state index in [-0.39, 0.29) is 68.8 Å². The molecule has 1 aliphatic heterocycles. The van der Waals surface area contributed by atoms with Crippen LogP contribution in [0.3, 0.4) is 0 Å². The number of oxime groups is 1. The van der Waals surface area contributed by atoms with E-state index in [4.69, 9.17) is 40.5 Å². The summed E-state index contributed by atoms with van der Waals surface area (Å²) >= 11 is 7.68. The zero-order chi connectivity index (χ0) is 44.1. The van der Waals surface area contributed by atoms with Crippen LogP contribution in [0, 0.1) is 27.9 Å². The van der Waals surface area contributed by atoms with Crippen molar-refractivity contribution < 1.29 is 43.7 Å². The standard InChI is InChI=1S/C47H58ClN3O10S/c1-4-23-50(46(54)57-27-22-48)43-30-41(49-59-31-32-12-14-34(15-13-32)51(55)56)39-28-33(10-6-8-24-52)38(11-7-9-25-53)44-40-29-36(60-35-16-19-37(62-3)20-17-35)18-21-42(40)61-47(43,45(39)44)58-26-5-2/h5,12-21,28-29,33,38,43-45,52-53H,2,4,6-11,22-27,30-31H2,1,3H3. The van der Waals surface area contributed by atoms with Gasteiger partial charge < -0.3 is 34.0 Å². The first kappa shape index (κ1) is 46.9. The zero-order valence-electron chi connectivity index (χ0n) is 35.5. The molecule has 62 heavy (non-hydrogen) atoms. The summed E-state index contributed by atoms with van der Waals surface area (Å²) in [5, 5.41) is 36.0. The number of nitro benzene ring substituents is 1. The smallest absolute Gasteiger partial charge is 0.410 e. The Morgan fingerprint density at radius 2 is 1.79 bits per heavy atom. The third kappa shape index (κ3) is 10.8. The van der Waals surface area contributed by atoms with Gasteiger partial charge in [0.1, 0.15) is 36.5 Å². The van der Waals surface area contributed by atoms with E-state index in [0.717, 1.165) is 41.7 Å². The SMILES string of the molecule is C=CCOC12Oc3ccc(Oc4ccc(SC)cc4)cc3C3C(CCCCO)C(CCCCO)C=C(C(=NOCc4ccc([N+](=O)[O-])cc4)CC1N(CCC)C(=O)OCCCl)C32. The number of benzene rings is 3. The van der Waals surface area contributed by atoms with Crippen molar-refractivity contribution in [3.8, 4) is 17.2 Å². The second-order valence-corrected chi connectivity index (χ2v) is 17.0. The molecule has 1 saturated carbocycles. The van der Waals surface area contributed by atoms with Crippen LogP contribution >= 0.6 is 23.4 Å². The number of unbranched alkanes of at least 4 members (excludes halogenated alkanes) is 2. The molecule has 3 aromatic carbocycles. The molecule has 3 aliphatic rings. The number of hydrogen-bond acceptors (Lipinski definition) is 12. The maximum absolute atomic E-state index is 14.2. The Morgan fingerprint density at radius 3 is 2.45 bits per heavy atom. The van der Waals surface area contributed by atoms with E-state index < -0.39 is 28.8 Å². The molecule has 0 bridgehead atoms. The average Bonchev–Trinajstić information content (AvgIpc) is 3.28. The molecule has 0 radical (unpaired) electrons. The summed E-state index contributed by atoms with van der Waals surface area (Å²) < 4.78 is 26.5. The number of carbonyl (C=O) groups is 1. The topological polar surface area (TPSA) is 162 Å². The summed E-state index contributed by atoms with van der Waals surface area (Å²) in [4.78, 5) is 34.0. The summed E-state index contributed by atoms with van der Waals surface area (Å²) in [6.07, 6.45) is 10.6. The average molecular weight is 893 g/mol. The quantitative estimate of drug-likeness (QED) is 0.0233. The fourth-order valence-corrected chi connectivity index (χ4v) is 9.70. The lowest BCUT2D eigenvalue weighted by Crippen LogP contribution is -2.70. The fourth-order valence-electron chi connectivity index (χ4n) is 9.21. The minimum Gasteiger partial charge on any atom is -0.459 e. The van der Waals surface area contributed by atoms with Gasteiger partial charge in [-0.1, -0.05) is 37.1 Å². The lowest BCUT2D eigenvalue weighted by atomic mass is 9.55. The molecule has 2 N–H and O–H groups in total. The second kappa shape index (κ2) is 22.7. The molecule has 2 aliphatic carbocycles. The van der Waals surface area contributed by atoms with Crippen LogP contribution in [-0.2, 0) is 20.9 Å². The number of alkyl halides is 1. The molecule has 0 aromatic heterocycles. The first-order valence-electron chi connectivity index (χ1n) is 21.5. The number of carbonyl (C=O) groups excluding carboxylic acids is 1. The number of allylic oxidation sites excluding steroid dienone is 1. The van der Waals surface area contributed by atoms with Gasteiger partial charge in [0, 0.05) is 54.7 Å². The Morgan fingerprint density at radius 1 is 1.06 bits per heavy atom. The Hall–Kier alpha value is -4.60. The Bertz CT molecular complexity index is 2030. The first-order chi connectivity index (χ1) is 30.2. The van der Waals surface area contributed by atoms with Gasteiger partial charge in [-0.15, -0.1) is 29.9 Å². The van der Waals surface area contributed by atoms with E-state index in [2.05, 4.69) is 18.7 Å². The minimum absolute atomic E-state index is 0.0132. The maximum atomic E-state index is 14.2. The van der Waals surface area contributed by atoms with Gasteiger partial charge in [0.15, 0.2) is 0 Å². The third-order valence-corrected chi connectivity index (χ3v) is 12.8. The lowest BCUT2D eigenvalue weighted by Gasteiger charge is -2.59. The van der Waals surface area contributed by atoms with E-state index in [1.807, 2.05) is 49.6 Å². The van der Waals surface area contributed by atoms with Crippen LogP contribution in [0.15, 0.2) is 101 Å². The first-order valence-corrected chi connectivity index (χ1v) is 23.2. The second-order valence-electron chi connectivity index (χ2n) is 15.7. The summed E-state index contributed by atoms with van der Waals surface area (Å²) in [5.74, 6) is -0.137. The van der Waals surface area contributed by atoms with Crippen LogP contribution in [0.25, 0.3) is 0 Å². The Balaban J connectivity index is 1.55. The molecule has 13 nitrogen and oxygen atoms in total. The number of aliphatic hydroxyl groups excluding tert-OH is 2. The zero-order valence-corrected chi connectivity index (χ0v) is 37.1. The molecule has 15 heteroatoms. The lowest BCUT2D eigenvalue weighted by molar-refractivity contribution is -0.384. The van der Waals surface area contributed by atoms with Crippen LogP contribution in [0.1, 0.15) is 75.3 Å². The molecule has 0 saturated heterocycles. The van der Waals surface area contributed by atoms with Gasteiger partial charge in [-0.2, -0.15) is 0 Å². The predicted octanol–water partition coefficient (Wildman–Crippen LogP) is 10.0. The van der Waals surface area contributed by atoms with Gasteiger partial charge >= 0.3 is 6.09 Å². The Kier molecular flexibility index (Phi) is 17.1. The van der Waals surface area contributed by atoms with Gasteiger partial charge in [-0.25, -0.2) is 4.79 Å². The molecule has 1 fully saturated rings. The number of ether oxygens (including phenoxy) is 4. The molecule has 3 aromatic rings. The number of hydrogen-bond donors (Lipinski definition) is 2. The van der Waals surface area contributed by atoms with Crippen molar-refractivity contribution in [2.45, 2.75) is 87.5 Å². The highest BCUT2D eigenvalue weighted by atomic mass is 35.5. The third-order valence-electron chi connectivity index (χ3n) is 11.9. The van der Waals surface area contributed by atoms with Crippen molar-refractivity contribution in [3.63, 3.8) is 0 Å². The number of nitro groups is 1.